The number of carbonyl (C=O) groups excluding carboxylic acids is 1. The molecule has 1 aromatic rings. The zero-order valence-corrected chi connectivity index (χ0v) is 12.8. The molecular weight excluding hydrogens is 280 g/mol. The number of aryl methyl sites for hydroxylation is 2. The number of aromatic nitrogens is 1. The van der Waals surface area contributed by atoms with Crippen molar-refractivity contribution in [1.82, 2.24) is 9.29 Å². The van der Waals surface area contributed by atoms with E-state index in [1.54, 1.807) is 20.8 Å². The van der Waals surface area contributed by atoms with Crippen molar-refractivity contribution < 1.29 is 17.9 Å². The van der Waals surface area contributed by atoms with E-state index in [1.807, 2.05) is 0 Å². The van der Waals surface area contributed by atoms with Crippen molar-refractivity contribution in [2.45, 2.75) is 38.5 Å². The van der Waals surface area contributed by atoms with Gasteiger partial charge in [0.15, 0.2) is 0 Å². The van der Waals surface area contributed by atoms with Crippen molar-refractivity contribution in [2.75, 3.05) is 19.7 Å². The number of nitrogens with one attached hydrogen (secondary N) is 1. The molecule has 2 rings (SSSR count). The highest BCUT2D eigenvalue weighted by Gasteiger charge is 2.35. The molecule has 0 saturated carbocycles. The molecule has 1 aliphatic heterocycles. The first-order valence-corrected chi connectivity index (χ1v) is 8.20. The first-order valence-electron chi connectivity index (χ1n) is 6.76. The van der Waals surface area contributed by atoms with Crippen LogP contribution in [0.3, 0.4) is 0 Å². The second-order valence-corrected chi connectivity index (χ2v) is 6.79. The van der Waals surface area contributed by atoms with E-state index in [0.717, 1.165) is 12.8 Å². The Morgan fingerprint density at radius 2 is 1.85 bits per heavy atom. The summed E-state index contributed by atoms with van der Waals surface area (Å²) >= 11 is 0. The summed E-state index contributed by atoms with van der Waals surface area (Å²) in [7, 11) is -3.64. The quantitative estimate of drug-likeness (QED) is 0.856. The summed E-state index contributed by atoms with van der Waals surface area (Å²) in [4.78, 5) is 15.0. The van der Waals surface area contributed by atoms with Crippen LogP contribution in [0.1, 0.15) is 41.5 Å². The predicted octanol–water partition coefficient (Wildman–Crippen LogP) is 1.59. The number of sulfonamides is 1. The van der Waals surface area contributed by atoms with Crippen LogP contribution in [-0.2, 0) is 14.8 Å². The summed E-state index contributed by atoms with van der Waals surface area (Å²) in [6, 6.07) is 0. The number of ether oxygens (including phenoxy) is 1. The molecule has 112 valence electrons. The maximum absolute atomic E-state index is 12.7. The van der Waals surface area contributed by atoms with Crippen LogP contribution in [0.15, 0.2) is 4.90 Å². The SMILES string of the molecule is CCOC(=O)c1c(C)[nH]c(C)c1S(=O)(=O)N1CCCC1. The lowest BCUT2D eigenvalue weighted by Crippen LogP contribution is -2.29. The average molecular weight is 300 g/mol. The highest BCUT2D eigenvalue weighted by molar-refractivity contribution is 7.89. The lowest BCUT2D eigenvalue weighted by molar-refractivity contribution is 0.0521. The van der Waals surface area contributed by atoms with Gasteiger partial charge in [-0.3, -0.25) is 0 Å². The number of hydrogen-bond donors (Lipinski definition) is 1. The highest BCUT2D eigenvalue weighted by Crippen LogP contribution is 2.29. The van der Waals surface area contributed by atoms with Gasteiger partial charge in [-0.1, -0.05) is 0 Å². The molecule has 0 aliphatic carbocycles. The maximum atomic E-state index is 12.7. The Balaban J connectivity index is 2.53. The van der Waals surface area contributed by atoms with E-state index >= 15 is 0 Å². The molecule has 1 aliphatic rings. The van der Waals surface area contributed by atoms with Crippen LogP contribution >= 0.6 is 0 Å². The van der Waals surface area contributed by atoms with Gasteiger partial charge in [-0.25, -0.2) is 13.2 Å². The minimum atomic E-state index is -3.64. The summed E-state index contributed by atoms with van der Waals surface area (Å²) in [6.07, 6.45) is 1.72. The van der Waals surface area contributed by atoms with Crippen molar-refractivity contribution >= 4 is 16.0 Å². The summed E-state index contributed by atoms with van der Waals surface area (Å²) < 4.78 is 31.8. The van der Waals surface area contributed by atoms with Crippen LogP contribution in [0.4, 0.5) is 0 Å². The van der Waals surface area contributed by atoms with E-state index in [4.69, 9.17) is 4.74 Å². The maximum Gasteiger partial charge on any atom is 0.341 e. The second kappa shape index (κ2) is 5.57. The van der Waals surface area contributed by atoms with Gasteiger partial charge in [0, 0.05) is 24.5 Å². The third-order valence-electron chi connectivity index (χ3n) is 3.46. The number of hydrogen-bond acceptors (Lipinski definition) is 4. The number of carbonyl (C=O) groups is 1. The van der Waals surface area contributed by atoms with E-state index in [9.17, 15) is 13.2 Å². The molecule has 0 atom stereocenters. The highest BCUT2D eigenvalue weighted by atomic mass is 32.2. The van der Waals surface area contributed by atoms with Gasteiger partial charge in [0.1, 0.15) is 10.5 Å². The molecule has 20 heavy (non-hydrogen) atoms. The molecule has 0 radical (unpaired) electrons. The molecule has 0 unspecified atom stereocenters. The van der Waals surface area contributed by atoms with Gasteiger partial charge in [-0.15, -0.1) is 0 Å². The topological polar surface area (TPSA) is 79.5 Å². The molecule has 6 nitrogen and oxygen atoms in total. The van der Waals surface area contributed by atoms with E-state index in [-0.39, 0.29) is 17.1 Å². The molecule has 0 spiro atoms. The van der Waals surface area contributed by atoms with Gasteiger partial charge < -0.3 is 9.72 Å². The standard InChI is InChI=1S/C13H20N2O4S/c1-4-19-13(16)11-9(2)14-10(3)12(11)20(17,18)15-7-5-6-8-15/h14H,4-8H2,1-3H3. The summed E-state index contributed by atoms with van der Waals surface area (Å²) in [5.41, 5.74) is 1.15. The third kappa shape index (κ3) is 2.47. The van der Waals surface area contributed by atoms with Crippen molar-refractivity contribution in [3.8, 4) is 0 Å². The molecular formula is C13H20N2O4S. The van der Waals surface area contributed by atoms with Crippen molar-refractivity contribution in [3.63, 3.8) is 0 Å². The smallest absolute Gasteiger partial charge is 0.341 e. The Labute approximate surface area is 119 Å². The fourth-order valence-corrected chi connectivity index (χ4v) is 4.52. The largest absolute Gasteiger partial charge is 0.462 e. The van der Waals surface area contributed by atoms with Gasteiger partial charge in [0.25, 0.3) is 0 Å². The normalized spacial score (nSPS) is 16.6. The summed E-state index contributed by atoms with van der Waals surface area (Å²) in [5, 5.41) is 0. The summed E-state index contributed by atoms with van der Waals surface area (Å²) in [6.45, 7) is 6.27. The van der Waals surface area contributed by atoms with E-state index in [1.165, 1.54) is 4.31 Å². The number of esters is 1. The zero-order chi connectivity index (χ0) is 14.9. The number of H-pyrrole nitrogens is 1. The van der Waals surface area contributed by atoms with Crippen LogP contribution in [0.5, 0.6) is 0 Å². The van der Waals surface area contributed by atoms with Crippen LogP contribution in [-0.4, -0.2) is 43.4 Å². The second-order valence-electron chi connectivity index (χ2n) is 4.91. The summed E-state index contributed by atoms with van der Waals surface area (Å²) in [5.74, 6) is -0.591. The lowest BCUT2D eigenvalue weighted by atomic mass is 10.2. The van der Waals surface area contributed by atoms with Gasteiger partial charge in [-0.05, 0) is 33.6 Å². The molecule has 1 fully saturated rings. The van der Waals surface area contributed by atoms with Crippen LogP contribution < -0.4 is 0 Å². The molecule has 1 saturated heterocycles. The van der Waals surface area contributed by atoms with E-state index < -0.39 is 16.0 Å². The minimum Gasteiger partial charge on any atom is -0.462 e. The van der Waals surface area contributed by atoms with Crippen LogP contribution in [0.25, 0.3) is 0 Å². The molecule has 0 amide bonds. The minimum absolute atomic E-state index is 0.0651. The Kier molecular flexibility index (Phi) is 4.19. The molecule has 0 bridgehead atoms. The van der Waals surface area contributed by atoms with E-state index in [2.05, 4.69) is 4.98 Å². The van der Waals surface area contributed by atoms with Crippen molar-refractivity contribution in [2.24, 2.45) is 0 Å². The fraction of sp³-hybridized carbons (Fsp3) is 0.615. The first-order chi connectivity index (χ1) is 9.39. The molecule has 7 heteroatoms. The number of nitrogens with zero attached hydrogens (tertiary/aromatic N) is 1. The third-order valence-corrected chi connectivity index (χ3v) is 5.53. The molecule has 1 N–H and O–H groups in total. The van der Waals surface area contributed by atoms with Gasteiger partial charge in [0.05, 0.1) is 6.61 Å². The first kappa shape index (κ1) is 15.1. The van der Waals surface area contributed by atoms with Gasteiger partial charge >= 0.3 is 5.97 Å². The number of rotatable bonds is 4. The Hall–Kier alpha value is -1.34. The van der Waals surface area contributed by atoms with Gasteiger partial charge in [0.2, 0.25) is 10.0 Å². The van der Waals surface area contributed by atoms with Crippen molar-refractivity contribution in [1.29, 1.82) is 0 Å². The lowest BCUT2D eigenvalue weighted by Gasteiger charge is -2.16. The number of aromatic amines is 1. The average Bonchev–Trinajstić information content (AvgIpc) is 2.97. The fourth-order valence-electron chi connectivity index (χ4n) is 2.59. The zero-order valence-electron chi connectivity index (χ0n) is 12.0. The monoisotopic (exact) mass is 300 g/mol. The predicted molar refractivity (Wildman–Crippen MR) is 74.2 cm³/mol. The van der Waals surface area contributed by atoms with Crippen molar-refractivity contribution in [3.05, 3.63) is 17.0 Å². The molecule has 0 aromatic carbocycles. The van der Waals surface area contributed by atoms with Gasteiger partial charge in [-0.2, -0.15) is 4.31 Å². The van der Waals surface area contributed by atoms with E-state index in [0.29, 0.717) is 24.5 Å². The Morgan fingerprint density at radius 1 is 1.25 bits per heavy atom. The Morgan fingerprint density at radius 3 is 2.40 bits per heavy atom. The Bertz CT molecular complexity index is 613. The van der Waals surface area contributed by atoms with Crippen LogP contribution in [0, 0.1) is 13.8 Å². The molecule has 1 aromatic heterocycles. The van der Waals surface area contributed by atoms with Crippen LogP contribution in [0.2, 0.25) is 0 Å². The molecule has 2 heterocycles.